The molecule has 128 valence electrons. The maximum Gasteiger partial charge on any atom is 0.343 e. The predicted molar refractivity (Wildman–Crippen MR) is 106 cm³/mol. The molecule has 0 unspecified atom stereocenters. The summed E-state index contributed by atoms with van der Waals surface area (Å²) in [5.74, 6) is 0.0982. The van der Waals surface area contributed by atoms with Crippen LogP contribution in [0.1, 0.15) is 10.4 Å². The number of ether oxygens (including phenoxy) is 1. The molecule has 0 fully saturated rings. The van der Waals surface area contributed by atoms with Crippen molar-refractivity contribution in [1.82, 2.24) is 9.97 Å². The van der Waals surface area contributed by atoms with Crippen LogP contribution in [0.15, 0.2) is 84.9 Å². The van der Waals surface area contributed by atoms with E-state index in [1.165, 1.54) is 0 Å². The molecule has 5 aromatic rings. The van der Waals surface area contributed by atoms with Gasteiger partial charge in [-0.15, -0.1) is 0 Å². The van der Waals surface area contributed by atoms with E-state index >= 15 is 0 Å². The van der Waals surface area contributed by atoms with Gasteiger partial charge >= 0.3 is 5.97 Å². The lowest BCUT2D eigenvalue weighted by Crippen LogP contribution is -2.08. The van der Waals surface area contributed by atoms with Gasteiger partial charge in [-0.25, -0.2) is 14.8 Å². The molecular weight excluding hydrogens is 336 g/mol. The lowest BCUT2D eigenvalue weighted by Gasteiger charge is -2.07. The number of hydrogen-bond donors (Lipinski definition) is 0. The number of esters is 1. The third-order valence-electron chi connectivity index (χ3n) is 4.52. The zero-order valence-corrected chi connectivity index (χ0v) is 14.3. The summed E-state index contributed by atoms with van der Waals surface area (Å²) in [4.78, 5) is 21.9. The van der Waals surface area contributed by atoms with Crippen molar-refractivity contribution in [3.63, 3.8) is 0 Å². The van der Waals surface area contributed by atoms with Crippen molar-refractivity contribution >= 4 is 38.8 Å². The Morgan fingerprint density at radius 3 is 2.37 bits per heavy atom. The topological polar surface area (TPSA) is 52.1 Å². The summed E-state index contributed by atoms with van der Waals surface area (Å²) >= 11 is 0. The van der Waals surface area contributed by atoms with Crippen molar-refractivity contribution in [1.29, 1.82) is 0 Å². The minimum Gasteiger partial charge on any atom is -0.423 e. The summed E-state index contributed by atoms with van der Waals surface area (Å²) in [7, 11) is 0. The van der Waals surface area contributed by atoms with Gasteiger partial charge in [-0.1, -0.05) is 48.5 Å². The number of para-hydroxylation sites is 1. The number of carbonyl (C=O) groups excluding carboxylic acids is 1. The highest BCUT2D eigenvalue weighted by Crippen LogP contribution is 2.25. The van der Waals surface area contributed by atoms with Gasteiger partial charge < -0.3 is 4.74 Å². The van der Waals surface area contributed by atoms with Crippen LogP contribution in [0, 0.1) is 0 Å². The minimum absolute atomic E-state index is 0.414. The van der Waals surface area contributed by atoms with Crippen molar-refractivity contribution in [2.75, 3.05) is 0 Å². The smallest absolute Gasteiger partial charge is 0.343 e. The van der Waals surface area contributed by atoms with Crippen molar-refractivity contribution in [3.8, 4) is 5.75 Å². The fourth-order valence-corrected chi connectivity index (χ4v) is 3.19. The zero-order chi connectivity index (χ0) is 18.2. The summed E-state index contributed by atoms with van der Waals surface area (Å²) < 4.78 is 5.42. The molecule has 0 aliphatic rings. The average Bonchev–Trinajstić information content (AvgIpc) is 2.72. The molecule has 1 aromatic heterocycles. The molecule has 1 heterocycles. The second kappa shape index (κ2) is 6.18. The van der Waals surface area contributed by atoms with E-state index in [1.807, 2.05) is 54.6 Å². The Morgan fingerprint density at radius 2 is 1.48 bits per heavy atom. The zero-order valence-electron chi connectivity index (χ0n) is 14.3. The molecule has 4 nitrogen and oxygen atoms in total. The van der Waals surface area contributed by atoms with Crippen LogP contribution in [0.4, 0.5) is 0 Å². The van der Waals surface area contributed by atoms with Crippen LogP contribution >= 0.6 is 0 Å². The van der Waals surface area contributed by atoms with E-state index in [0.717, 1.165) is 27.3 Å². The Labute approximate surface area is 155 Å². The molecule has 0 saturated heterocycles. The van der Waals surface area contributed by atoms with Crippen LogP contribution in [-0.4, -0.2) is 15.9 Å². The highest BCUT2D eigenvalue weighted by molar-refractivity contribution is 6.06. The van der Waals surface area contributed by atoms with Crippen molar-refractivity contribution in [2.45, 2.75) is 0 Å². The third kappa shape index (κ3) is 2.77. The molecule has 0 N–H and O–H groups in total. The number of rotatable bonds is 2. The number of nitrogens with zero attached hydrogens (tertiary/aromatic N) is 2. The van der Waals surface area contributed by atoms with Gasteiger partial charge in [-0.05, 0) is 41.8 Å². The van der Waals surface area contributed by atoms with Crippen molar-refractivity contribution in [3.05, 3.63) is 90.5 Å². The van der Waals surface area contributed by atoms with Crippen molar-refractivity contribution < 1.29 is 9.53 Å². The van der Waals surface area contributed by atoms with E-state index in [0.29, 0.717) is 16.8 Å². The molecule has 0 bridgehead atoms. The summed E-state index contributed by atoms with van der Waals surface area (Å²) in [5.41, 5.74) is 3.52. The van der Waals surface area contributed by atoms with E-state index in [4.69, 9.17) is 14.7 Å². The van der Waals surface area contributed by atoms with Gasteiger partial charge in [-0.2, -0.15) is 0 Å². The largest absolute Gasteiger partial charge is 0.423 e. The van der Waals surface area contributed by atoms with Crippen LogP contribution in [-0.2, 0) is 0 Å². The van der Waals surface area contributed by atoms with Crippen LogP contribution in [0.25, 0.3) is 32.8 Å². The Balaban J connectivity index is 1.62. The first-order valence-corrected chi connectivity index (χ1v) is 8.64. The molecule has 0 amide bonds. The first-order valence-electron chi connectivity index (χ1n) is 8.64. The second-order valence-electron chi connectivity index (χ2n) is 6.28. The molecule has 0 saturated carbocycles. The Kier molecular flexibility index (Phi) is 3.54. The normalized spacial score (nSPS) is 11.1. The molecule has 0 spiro atoms. The standard InChI is InChI=1S/C23H14N2O2/c26-23(27-17-7-2-1-3-8-17)16-11-12-19-21(14-16)25-22-18-9-5-4-6-15(18)10-13-20(22)24-19/h1-14H. The van der Waals surface area contributed by atoms with Gasteiger partial charge in [0.25, 0.3) is 0 Å². The summed E-state index contributed by atoms with van der Waals surface area (Å²) in [6, 6.07) is 26.4. The van der Waals surface area contributed by atoms with E-state index in [-0.39, 0.29) is 0 Å². The van der Waals surface area contributed by atoms with Gasteiger partial charge in [-0.3, -0.25) is 0 Å². The third-order valence-corrected chi connectivity index (χ3v) is 4.52. The predicted octanol–water partition coefficient (Wildman–Crippen LogP) is 5.16. The summed E-state index contributed by atoms with van der Waals surface area (Å²) in [5, 5.41) is 2.15. The number of fused-ring (bicyclic) bond motifs is 4. The molecule has 5 rings (SSSR count). The summed E-state index contributed by atoms with van der Waals surface area (Å²) in [6.07, 6.45) is 0. The number of hydrogen-bond acceptors (Lipinski definition) is 4. The van der Waals surface area contributed by atoms with Gasteiger partial charge in [0, 0.05) is 5.39 Å². The lowest BCUT2D eigenvalue weighted by molar-refractivity contribution is 0.0735. The maximum absolute atomic E-state index is 12.5. The lowest BCUT2D eigenvalue weighted by atomic mass is 10.1. The second-order valence-corrected chi connectivity index (χ2v) is 6.28. The molecule has 0 atom stereocenters. The Hall–Kier alpha value is -3.79. The molecular formula is C23H14N2O2. The van der Waals surface area contributed by atoms with Gasteiger partial charge in [0.1, 0.15) is 5.75 Å². The van der Waals surface area contributed by atoms with E-state index in [1.54, 1.807) is 30.3 Å². The minimum atomic E-state index is -0.414. The fourth-order valence-electron chi connectivity index (χ4n) is 3.19. The maximum atomic E-state index is 12.5. The van der Waals surface area contributed by atoms with E-state index in [9.17, 15) is 4.79 Å². The highest BCUT2D eigenvalue weighted by Gasteiger charge is 2.12. The quantitative estimate of drug-likeness (QED) is 0.191. The molecule has 0 aliphatic carbocycles. The fraction of sp³-hybridized carbons (Fsp3) is 0. The first kappa shape index (κ1) is 15.5. The van der Waals surface area contributed by atoms with Crippen LogP contribution in [0.2, 0.25) is 0 Å². The van der Waals surface area contributed by atoms with Gasteiger partial charge in [0.15, 0.2) is 0 Å². The average molecular weight is 350 g/mol. The van der Waals surface area contributed by atoms with Gasteiger partial charge in [0.05, 0.1) is 27.6 Å². The molecule has 0 aliphatic heterocycles. The van der Waals surface area contributed by atoms with E-state index in [2.05, 4.69) is 0 Å². The molecule has 27 heavy (non-hydrogen) atoms. The number of carbonyl (C=O) groups is 1. The van der Waals surface area contributed by atoms with E-state index < -0.39 is 5.97 Å². The molecule has 4 heteroatoms. The van der Waals surface area contributed by atoms with Crippen LogP contribution < -0.4 is 4.74 Å². The first-order chi connectivity index (χ1) is 13.3. The Morgan fingerprint density at radius 1 is 0.704 bits per heavy atom. The highest BCUT2D eigenvalue weighted by atomic mass is 16.5. The molecule has 0 radical (unpaired) electrons. The number of aromatic nitrogens is 2. The Bertz CT molecular complexity index is 1310. The van der Waals surface area contributed by atoms with Crippen LogP contribution in [0.5, 0.6) is 5.75 Å². The number of benzene rings is 4. The summed E-state index contributed by atoms with van der Waals surface area (Å²) in [6.45, 7) is 0. The van der Waals surface area contributed by atoms with Gasteiger partial charge in [0.2, 0.25) is 0 Å². The molecule has 4 aromatic carbocycles. The van der Waals surface area contributed by atoms with Crippen molar-refractivity contribution in [2.24, 2.45) is 0 Å². The SMILES string of the molecule is O=C(Oc1ccccc1)c1ccc2nc3ccc4ccccc4c3nc2c1. The monoisotopic (exact) mass is 350 g/mol. The van der Waals surface area contributed by atoms with Crippen LogP contribution in [0.3, 0.4) is 0 Å².